The summed E-state index contributed by atoms with van der Waals surface area (Å²) in [6, 6.07) is 14.8. The SMILES string of the molecule is CO/[N+](C)=C(/C(=O)[O-])c1ccccc1COc1ccccc1C. The average molecular weight is 313 g/mol. The Morgan fingerprint density at radius 1 is 1.13 bits per heavy atom. The first kappa shape index (κ1) is 16.5. The minimum absolute atomic E-state index is 0.0449. The molecule has 0 aliphatic carbocycles. The normalized spacial score (nSPS) is 11.6. The lowest BCUT2D eigenvalue weighted by molar-refractivity contribution is -0.760. The number of hydrogen-bond acceptors (Lipinski definition) is 4. The number of para-hydroxylation sites is 1. The highest BCUT2D eigenvalue weighted by Gasteiger charge is 2.21. The second-order valence-corrected chi connectivity index (χ2v) is 5.03. The lowest BCUT2D eigenvalue weighted by Gasteiger charge is -2.13. The smallest absolute Gasteiger partial charge is 0.280 e. The molecule has 0 amide bonds. The first-order valence-electron chi connectivity index (χ1n) is 7.17. The molecule has 120 valence electrons. The lowest BCUT2D eigenvalue weighted by atomic mass is 10.0. The molecule has 2 aromatic carbocycles. The summed E-state index contributed by atoms with van der Waals surface area (Å²) in [5, 5.41) is 11.5. The maximum Gasteiger partial charge on any atom is 0.280 e. The lowest BCUT2D eigenvalue weighted by Crippen LogP contribution is -2.38. The minimum atomic E-state index is -1.31. The number of hydroxylamine groups is 1. The fourth-order valence-corrected chi connectivity index (χ4v) is 2.25. The van der Waals surface area contributed by atoms with Crippen molar-refractivity contribution in [3.8, 4) is 5.75 Å². The monoisotopic (exact) mass is 313 g/mol. The summed E-state index contributed by atoms with van der Waals surface area (Å²) < 4.78 is 6.99. The summed E-state index contributed by atoms with van der Waals surface area (Å²) in [4.78, 5) is 16.5. The van der Waals surface area contributed by atoms with Crippen LogP contribution in [-0.2, 0) is 16.2 Å². The van der Waals surface area contributed by atoms with Crippen LogP contribution in [0.25, 0.3) is 0 Å². The van der Waals surface area contributed by atoms with Gasteiger partial charge in [0.25, 0.3) is 5.71 Å². The van der Waals surface area contributed by atoms with Crippen molar-refractivity contribution < 1.29 is 24.2 Å². The Morgan fingerprint density at radius 3 is 2.43 bits per heavy atom. The molecule has 0 unspecified atom stereocenters. The number of benzene rings is 2. The van der Waals surface area contributed by atoms with Crippen molar-refractivity contribution in [2.24, 2.45) is 0 Å². The Hall–Kier alpha value is -2.82. The van der Waals surface area contributed by atoms with E-state index >= 15 is 0 Å². The van der Waals surface area contributed by atoms with E-state index < -0.39 is 5.97 Å². The number of hydrogen-bond donors (Lipinski definition) is 0. The number of ether oxygens (including phenoxy) is 1. The molecule has 5 heteroatoms. The van der Waals surface area contributed by atoms with Crippen LogP contribution >= 0.6 is 0 Å². The van der Waals surface area contributed by atoms with E-state index in [0.717, 1.165) is 16.9 Å². The van der Waals surface area contributed by atoms with Crippen LogP contribution in [0.1, 0.15) is 16.7 Å². The largest absolute Gasteiger partial charge is 0.539 e. The predicted molar refractivity (Wildman–Crippen MR) is 84.3 cm³/mol. The maximum absolute atomic E-state index is 11.5. The summed E-state index contributed by atoms with van der Waals surface area (Å²) >= 11 is 0. The quantitative estimate of drug-likeness (QED) is 0.458. The third kappa shape index (κ3) is 3.88. The first-order valence-corrected chi connectivity index (χ1v) is 7.17. The Bertz CT molecular complexity index is 737. The molecule has 2 rings (SSSR count). The van der Waals surface area contributed by atoms with Crippen molar-refractivity contribution in [1.82, 2.24) is 0 Å². The average Bonchev–Trinajstić information content (AvgIpc) is 2.55. The van der Waals surface area contributed by atoms with E-state index in [4.69, 9.17) is 9.57 Å². The zero-order valence-corrected chi connectivity index (χ0v) is 13.4. The van der Waals surface area contributed by atoms with Gasteiger partial charge in [0.15, 0.2) is 7.05 Å². The van der Waals surface area contributed by atoms with E-state index in [1.165, 1.54) is 18.9 Å². The Kier molecular flexibility index (Phi) is 5.36. The van der Waals surface area contributed by atoms with Crippen LogP contribution in [0.15, 0.2) is 48.5 Å². The van der Waals surface area contributed by atoms with E-state index in [9.17, 15) is 9.90 Å². The van der Waals surface area contributed by atoms with Gasteiger partial charge in [-0.15, -0.1) is 0 Å². The predicted octanol–water partition coefficient (Wildman–Crippen LogP) is 1.32. The number of aryl methyl sites for hydroxylation is 1. The van der Waals surface area contributed by atoms with Crippen molar-refractivity contribution in [2.75, 3.05) is 14.2 Å². The molecule has 0 N–H and O–H groups in total. The van der Waals surface area contributed by atoms with Gasteiger partial charge in [0.05, 0.1) is 5.56 Å². The fraction of sp³-hybridized carbons (Fsp3) is 0.222. The van der Waals surface area contributed by atoms with E-state index in [2.05, 4.69) is 0 Å². The molecule has 0 heterocycles. The maximum atomic E-state index is 11.5. The van der Waals surface area contributed by atoms with Gasteiger partial charge < -0.3 is 14.6 Å². The molecule has 0 spiro atoms. The van der Waals surface area contributed by atoms with Gasteiger partial charge in [0.2, 0.25) is 0 Å². The third-order valence-electron chi connectivity index (χ3n) is 3.53. The molecule has 23 heavy (non-hydrogen) atoms. The zero-order valence-electron chi connectivity index (χ0n) is 13.4. The van der Waals surface area contributed by atoms with Crippen LogP contribution in [0.3, 0.4) is 0 Å². The molecule has 0 aromatic heterocycles. The van der Waals surface area contributed by atoms with Crippen LogP contribution in [0.5, 0.6) is 5.75 Å². The van der Waals surface area contributed by atoms with Gasteiger partial charge in [-0.3, -0.25) is 4.84 Å². The molecule has 2 aromatic rings. The number of aliphatic carboxylic acids is 1. The van der Waals surface area contributed by atoms with Crippen LogP contribution in [-0.4, -0.2) is 30.6 Å². The van der Waals surface area contributed by atoms with Crippen LogP contribution in [0.2, 0.25) is 0 Å². The van der Waals surface area contributed by atoms with Gasteiger partial charge in [-0.1, -0.05) is 36.4 Å². The Labute approximate surface area is 135 Å². The van der Waals surface area contributed by atoms with E-state index in [1.54, 1.807) is 12.1 Å². The topological polar surface area (TPSA) is 61.6 Å². The summed E-state index contributed by atoms with van der Waals surface area (Å²) in [6.07, 6.45) is 0. The second-order valence-electron chi connectivity index (χ2n) is 5.03. The van der Waals surface area contributed by atoms with Crippen LogP contribution in [0, 0.1) is 6.92 Å². The second kappa shape index (κ2) is 7.45. The highest BCUT2D eigenvalue weighted by atomic mass is 16.7. The van der Waals surface area contributed by atoms with Crippen LogP contribution in [0.4, 0.5) is 0 Å². The van der Waals surface area contributed by atoms with Gasteiger partial charge in [0, 0.05) is 5.56 Å². The molecular weight excluding hydrogens is 294 g/mol. The number of rotatable bonds is 6. The highest BCUT2D eigenvalue weighted by Crippen LogP contribution is 2.19. The fourth-order valence-electron chi connectivity index (χ4n) is 2.25. The van der Waals surface area contributed by atoms with Gasteiger partial charge in [-0.05, 0) is 29.4 Å². The molecule has 0 aliphatic rings. The summed E-state index contributed by atoms with van der Waals surface area (Å²) in [6.45, 7) is 2.20. The van der Waals surface area contributed by atoms with Gasteiger partial charge in [0.1, 0.15) is 25.4 Å². The molecular formula is C18H19NO4. The third-order valence-corrected chi connectivity index (χ3v) is 3.53. The van der Waals surface area contributed by atoms with Crippen LogP contribution < -0.4 is 9.84 Å². The van der Waals surface area contributed by atoms with Gasteiger partial charge in [-0.2, -0.15) is 0 Å². The minimum Gasteiger partial charge on any atom is -0.539 e. The highest BCUT2D eigenvalue weighted by molar-refractivity contribution is 6.39. The standard InChI is InChI=1S/C18H19NO4/c1-13-8-4-7-11-16(13)23-12-14-9-5-6-10-15(14)17(18(20)21)19(2)22-3/h4-11H,12H2,1-3H3/b19-17+. The van der Waals surface area contributed by atoms with Gasteiger partial charge >= 0.3 is 0 Å². The van der Waals surface area contributed by atoms with E-state index in [1.807, 2.05) is 43.3 Å². The first-order chi connectivity index (χ1) is 11.0. The summed E-state index contributed by atoms with van der Waals surface area (Å²) in [5.74, 6) is -0.546. The molecule has 0 saturated heterocycles. The van der Waals surface area contributed by atoms with Gasteiger partial charge in [-0.25, -0.2) is 0 Å². The summed E-state index contributed by atoms with van der Waals surface area (Å²) in [7, 11) is 2.92. The number of carbonyl (C=O) groups is 1. The number of carbonyl (C=O) groups excluding carboxylic acids is 1. The van der Waals surface area contributed by atoms with E-state index in [0.29, 0.717) is 5.56 Å². The molecule has 0 saturated carbocycles. The van der Waals surface area contributed by atoms with Crippen molar-refractivity contribution in [3.05, 3.63) is 65.2 Å². The summed E-state index contributed by atoms with van der Waals surface area (Å²) in [5.41, 5.74) is 2.21. The molecule has 0 atom stereocenters. The molecule has 0 bridgehead atoms. The van der Waals surface area contributed by atoms with E-state index in [-0.39, 0.29) is 12.3 Å². The van der Waals surface area contributed by atoms with Crippen molar-refractivity contribution in [2.45, 2.75) is 13.5 Å². The molecule has 0 fully saturated rings. The molecule has 5 nitrogen and oxygen atoms in total. The Balaban J connectivity index is 2.34. The number of carboxylic acid groups (broad SMARTS) is 1. The zero-order chi connectivity index (χ0) is 16.8. The van der Waals surface area contributed by atoms with Crippen molar-refractivity contribution >= 4 is 11.7 Å². The molecule has 0 radical (unpaired) electrons. The molecule has 0 aliphatic heterocycles. The number of nitrogens with zero attached hydrogens (tertiary/aromatic N) is 1. The van der Waals surface area contributed by atoms with Crippen molar-refractivity contribution in [3.63, 3.8) is 0 Å². The van der Waals surface area contributed by atoms with Crippen molar-refractivity contribution in [1.29, 1.82) is 0 Å². The Morgan fingerprint density at radius 2 is 1.78 bits per heavy atom. The number of carboxylic acids is 1.